The van der Waals surface area contributed by atoms with Crippen LogP contribution in [0.3, 0.4) is 0 Å². The second-order valence-corrected chi connectivity index (χ2v) is 3.74. The number of aryl methyl sites for hydroxylation is 1. The van der Waals surface area contributed by atoms with Crippen LogP contribution in [0.25, 0.3) is 0 Å². The van der Waals surface area contributed by atoms with Crippen molar-refractivity contribution in [1.29, 1.82) is 0 Å². The van der Waals surface area contributed by atoms with Crippen LogP contribution >= 0.6 is 0 Å². The zero-order valence-electron chi connectivity index (χ0n) is 10.2. The van der Waals surface area contributed by atoms with Crippen molar-refractivity contribution in [2.24, 2.45) is 0 Å². The Bertz CT molecular complexity index is 535. The topological polar surface area (TPSA) is 64.1 Å². The average Bonchev–Trinajstić information content (AvgIpc) is 2.41. The standard InChI is InChI=1S/C13H13N3O2/c1-9-3-5-11(8-14-9)16-12-6-4-10(7-15-12)13(17)18-2/h3-8H,1-2H3,(H,15,16). The van der Waals surface area contributed by atoms with Gasteiger partial charge in [-0.25, -0.2) is 9.78 Å². The molecule has 0 aliphatic carbocycles. The third-order valence-corrected chi connectivity index (χ3v) is 2.37. The van der Waals surface area contributed by atoms with Gasteiger partial charge in [-0.3, -0.25) is 4.98 Å². The smallest absolute Gasteiger partial charge is 0.339 e. The maximum atomic E-state index is 11.2. The van der Waals surface area contributed by atoms with Crippen molar-refractivity contribution < 1.29 is 9.53 Å². The van der Waals surface area contributed by atoms with Crippen molar-refractivity contribution in [2.45, 2.75) is 6.92 Å². The number of pyridine rings is 2. The Morgan fingerprint density at radius 1 is 1.17 bits per heavy atom. The van der Waals surface area contributed by atoms with E-state index in [1.165, 1.54) is 13.3 Å². The van der Waals surface area contributed by atoms with Crippen molar-refractivity contribution in [3.05, 3.63) is 47.9 Å². The van der Waals surface area contributed by atoms with E-state index in [0.29, 0.717) is 11.4 Å². The molecule has 0 bridgehead atoms. The molecule has 18 heavy (non-hydrogen) atoms. The summed E-state index contributed by atoms with van der Waals surface area (Å²) in [5.74, 6) is 0.249. The summed E-state index contributed by atoms with van der Waals surface area (Å²) in [4.78, 5) is 19.5. The first-order valence-corrected chi connectivity index (χ1v) is 5.43. The van der Waals surface area contributed by atoms with Crippen LogP contribution in [0.5, 0.6) is 0 Å². The Labute approximate surface area is 105 Å². The van der Waals surface area contributed by atoms with E-state index < -0.39 is 5.97 Å². The minimum absolute atomic E-state index is 0.397. The zero-order valence-corrected chi connectivity index (χ0v) is 10.2. The third kappa shape index (κ3) is 2.82. The molecule has 0 unspecified atom stereocenters. The lowest BCUT2D eigenvalue weighted by molar-refractivity contribution is 0.0600. The highest BCUT2D eigenvalue weighted by Gasteiger charge is 2.05. The maximum Gasteiger partial charge on any atom is 0.339 e. The van der Waals surface area contributed by atoms with Gasteiger partial charge in [0.25, 0.3) is 0 Å². The summed E-state index contributed by atoms with van der Waals surface area (Å²) >= 11 is 0. The van der Waals surface area contributed by atoms with E-state index in [0.717, 1.165) is 11.4 Å². The zero-order chi connectivity index (χ0) is 13.0. The molecule has 0 atom stereocenters. The molecule has 0 aromatic carbocycles. The van der Waals surface area contributed by atoms with Gasteiger partial charge in [0.2, 0.25) is 0 Å². The van der Waals surface area contributed by atoms with Crippen molar-refractivity contribution in [1.82, 2.24) is 9.97 Å². The molecule has 0 fully saturated rings. The van der Waals surface area contributed by atoms with Crippen molar-refractivity contribution in [3.8, 4) is 0 Å². The third-order valence-electron chi connectivity index (χ3n) is 2.37. The van der Waals surface area contributed by atoms with Gasteiger partial charge in [-0.15, -0.1) is 0 Å². The molecule has 0 aliphatic heterocycles. The number of methoxy groups -OCH3 is 1. The number of hydrogen-bond donors (Lipinski definition) is 1. The fraction of sp³-hybridized carbons (Fsp3) is 0.154. The van der Waals surface area contributed by atoms with Gasteiger partial charge in [-0.2, -0.15) is 0 Å². The van der Waals surface area contributed by atoms with Gasteiger partial charge in [-0.1, -0.05) is 0 Å². The molecule has 0 spiro atoms. The predicted octanol–water partition coefficient (Wildman–Crippen LogP) is 2.32. The molecule has 92 valence electrons. The van der Waals surface area contributed by atoms with Crippen LogP contribution in [-0.4, -0.2) is 23.0 Å². The summed E-state index contributed by atoms with van der Waals surface area (Å²) < 4.78 is 4.60. The first-order chi connectivity index (χ1) is 8.69. The number of nitrogens with zero attached hydrogens (tertiary/aromatic N) is 2. The minimum Gasteiger partial charge on any atom is -0.465 e. The molecule has 0 saturated heterocycles. The van der Waals surface area contributed by atoms with Crippen LogP contribution in [-0.2, 0) is 4.74 Å². The second-order valence-electron chi connectivity index (χ2n) is 3.74. The molecule has 0 amide bonds. The van der Waals surface area contributed by atoms with Crippen LogP contribution in [0.4, 0.5) is 11.5 Å². The summed E-state index contributed by atoms with van der Waals surface area (Å²) in [6.07, 6.45) is 3.20. The van der Waals surface area contributed by atoms with E-state index in [-0.39, 0.29) is 0 Å². The second kappa shape index (κ2) is 5.27. The van der Waals surface area contributed by atoms with Crippen molar-refractivity contribution in [3.63, 3.8) is 0 Å². The van der Waals surface area contributed by atoms with E-state index in [9.17, 15) is 4.79 Å². The van der Waals surface area contributed by atoms with Crippen LogP contribution in [0, 0.1) is 6.92 Å². The number of nitrogens with one attached hydrogen (secondary N) is 1. The molecular weight excluding hydrogens is 230 g/mol. The highest BCUT2D eigenvalue weighted by Crippen LogP contribution is 2.13. The summed E-state index contributed by atoms with van der Waals surface area (Å²) in [5.41, 5.74) is 2.22. The number of hydrogen-bond acceptors (Lipinski definition) is 5. The molecule has 1 N–H and O–H groups in total. The number of aromatic nitrogens is 2. The lowest BCUT2D eigenvalue weighted by Gasteiger charge is -2.05. The van der Waals surface area contributed by atoms with Crippen molar-refractivity contribution in [2.75, 3.05) is 12.4 Å². The van der Waals surface area contributed by atoms with E-state index in [4.69, 9.17) is 0 Å². The molecule has 5 heteroatoms. The predicted molar refractivity (Wildman–Crippen MR) is 67.8 cm³/mol. The van der Waals surface area contributed by atoms with Gasteiger partial charge in [-0.05, 0) is 31.2 Å². The van der Waals surface area contributed by atoms with E-state index >= 15 is 0 Å². The first kappa shape index (κ1) is 12.0. The Kier molecular flexibility index (Phi) is 3.52. The number of anilines is 2. The quantitative estimate of drug-likeness (QED) is 0.838. The average molecular weight is 243 g/mol. The highest BCUT2D eigenvalue weighted by atomic mass is 16.5. The normalized spacial score (nSPS) is 9.89. The monoisotopic (exact) mass is 243 g/mol. The summed E-state index contributed by atoms with van der Waals surface area (Å²) in [6, 6.07) is 7.19. The Balaban J connectivity index is 2.10. The molecule has 2 rings (SSSR count). The number of rotatable bonds is 3. The molecule has 0 aliphatic rings. The molecule has 0 radical (unpaired) electrons. The fourth-order valence-electron chi connectivity index (χ4n) is 1.40. The van der Waals surface area contributed by atoms with E-state index in [1.807, 2.05) is 19.1 Å². The largest absolute Gasteiger partial charge is 0.465 e. The van der Waals surface area contributed by atoms with Crippen LogP contribution in [0.1, 0.15) is 16.1 Å². The van der Waals surface area contributed by atoms with Crippen LogP contribution in [0.15, 0.2) is 36.7 Å². The van der Waals surface area contributed by atoms with Crippen LogP contribution in [0.2, 0.25) is 0 Å². The lowest BCUT2D eigenvalue weighted by Crippen LogP contribution is -2.02. The molecule has 2 heterocycles. The van der Waals surface area contributed by atoms with Gasteiger partial charge < -0.3 is 10.1 Å². The number of carbonyl (C=O) groups excluding carboxylic acids is 1. The Morgan fingerprint density at radius 3 is 2.56 bits per heavy atom. The first-order valence-electron chi connectivity index (χ1n) is 5.43. The van der Waals surface area contributed by atoms with Crippen LogP contribution < -0.4 is 5.32 Å². The Morgan fingerprint density at radius 2 is 2.00 bits per heavy atom. The fourth-order valence-corrected chi connectivity index (χ4v) is 1.40. The highest BCUT2D eigenvalue weighted by molar-refractivity contribution is 5.89. The summed E-state index contributed by atoms with van der Waals surface area (Å²) in [5, 5.41) is 3.09. The molecule has 0 saturated carbocycles. The van der Waals surface area contributed by atoms with Gasteiger partial charge >= 0.3 is 5.97 Å². The summed E-state index contributed by atoms with van der Waals surface area (Å²) in [7, 11) is 1.34. The lowest BCUT2D eigenvalue weighted by atomic mass is 10.3. The van der Waals surface area contributed by atoms with Gasteiger partial charge in [0.1, 0.15) is 5.82 Å². The summed E-state index contributed by atoms with van der Waals surface area (Å²) in [6.45, 7) is 1.92. The van der Waals surface area contributed by atoms with Gasteiger partial charge in [0, 0.05) is 11.9 Å². The number of esters is 1. The Hall–Kier alpha value is -2.43. The maximum absolute atomic E-state index is 11.2. The number of carbonyl (C=O) groups is 1. The molecule has 2 aromatic heterocycles. The molecule has 2 aromatic rings. The molecular formula is C13H13N3O2. The minimum atomic E-state index is -0.397. The van der Waals surface area contributed by atoms with E-state index in [2.05, 4.69) is 20.0 Å². The SMILES string of the molecule is COC(=O)c1ccc(Nc2ccc(C)nc2)nc1. The van der Waals surface area contributed by atoms with E-state index in [1.54, 1.807) is 18.3 Å². The van der Waals surface area contributed by atoms with Crippen molar-refractivity contribution >= 4 is 17.5 Å². The number of ether oxygens (including phenoxy) is 1. The van der Waals surface area contributed by atoms with Gasteiger partial charge in [0.15, 0.2) is 0 Å². The molecule has 5 nitrogen and oxygen atoms in total. The van der Waals surface area contributed by atoms with Gasteiger partial charge in [0.05, 0.1) is 24.6 Å².